The first-order valence-electron chi connectivity index (χ1n) is 7.23. The number of rotatable bonds is 3. The number of benzene rings is 1. The van der Waals surface area contributed by atoms with E-state index in [-0.39, 0.29) is 6.10 Å². The van der Waals surface area contributed by atoms with Crippen LogP contribution in [0, 0.1) is 0 Å². The molecule has 1 aromatic heterocycles. The van der Waals surface area contributed by atoms with Crippen molar-refractivity contribution in [2.24, 2.45) is 0 Å². The van der Waals surface area contributed by atoms with Crippen molar-refractivity contribution in [3.05, 3.63) is 41.7 Å². The normalized spacial score (nSPS) is 14.1. The maximum absolute atomic E-state index is 5.88. The Morgan fingerprint density at radius 1 is 1.24 bits per heavy atom. The molecule has 1 aliphatic rings. The van der Waals surface area contributed by atoms with Gasteiger partial charge in [0.2, 0.25) is 5.88 Å². The highest BCUT2D eigenvalue weighted by Gasteiger charge is 2.18. The Hall–Kier alpha value is -2.30. The predicted octanol–water partition coefficient (Wildman–Crippen LogP) is 2.41. The molecule has 0 amide bonds. The van der Waals surface area contributed by atoms with E-state index in [0.29, 0.717) is 5.88 Å². The molecule has 0 saturated heterocycles. The molecule has 21 heavy (non-hydrogen) atoms. The van der Waals surface area contributed by atoms with Crippen LogP contribution in [0.2, 0.25) is 0 Å². The zero-order valence-electron chi connectivity index (χ0n) is 12.4. The van der Waals surface area contributed by atoms with Crippen LogP contribution in [0.3, 0.4) is 0 Å². The molecule has 0 saturated carbocycles. The molecule has 5 heteroatoms. The van der Waals surface area contributed by atoms with E-state index in [2.05, 4.69) is 20.9 Å². The number of anilines is 2. The average Bonchev–Trinajstić information content (AvgIpc) is 2.46. The minimum absolute atomic E-state index is 0.0939. The van der Waals surface area contributed by atoms with Gasteiger partial charge in [-0.1, -0.05) is 6.07 Å². The lowest BCUT2D eigenvalue weighted by atomic mass is 9.99. The number of fused-ring (bicyclic) bond motifs is 1. The van der Waals surface area contributed by atoms with E-state index in [1.165, 1.54) is 11.1 Å². The van der Waals surface area contributed by atoms with Gasteiger partial charge in [0.15, 0.2) is 5.82 Å². The monoisotopic (exact) mass is 284 g/mol. The molecule has 0 bridgehead atoms. The number of nitrogen functional groups attached to an aromatic ring is 1. The topological polar surface area (TPSA) is 64.3 Å². The van der Waals surface area contributed by atoms with Crippen LogP contribution in [-0.4, -0.2) is 22.6 Å². The molecular weight excluding hydrogens is 264 g/mol. The molecule has 1 aliphatic heterocycles. The number of nitrogens with two attached hydrogens (primary N) is 1. The van der Waals surface area contributed by atoms with Crippen LogP contribution in [0.4, 0.5) is 11.5 Å². The summed E-state index contributed by atoms with van der Waals surface area (Å²) in [5.41, 5.74) is 9.31. The number of hydrogen-bond acceptors (Lipinski definition) is 5. The van der Waals surface area contributed by atoms with E-state index in [0.717, 1.165) is 31.0 Å². The Bertz CT molecular complexity index is 642. The third-order valence-corrected chi connectivity index (χ3v) is 3.52. The summed E-state index contributed by atoms with van der Waals surface area (Å²) >= 11 is 0. The lowest BCUT2D eigenvalue weighted by molar-refractivity contribution is 0.231. The molecule has 0 fully saturated rings. The van der Waals surface area contributed by atoms with Gasteiger partial charge in [-0.3, -0.25) is 4.98 Å². The molecule has 1 aromatic carbocycles. The van der Waals surface area contributed by atoms with Gasteiger partial charge < -0.3 is 15.4 Å². The maximum Gasteiger partial charge on any atom is 0.234 e. The maximum atomic E-state index is 5.88. The highest BCUT2D eigenvalue weighted by Crippen LogP contribution is 2.25. The first kappa shape index (κ1) is 13.7. The quantitative estimate of drug-likeness (QED) is 0.877. The van der Waals surface area contributed by atoms with Crippen molar-refractivity contribution in [3.63, 3.8) is 0 Å². The molecular formula is C16H20N4O. The fraction of sp³-hybridized carbons (Fsp3) is 0.375. The van der Waals surface area contributed by atoms with Crippen LogP contribution in [0.1, 0.15) is 25.0 Å². The van der Waals surface area contributed by atoms with Crippen molar-refractivity contribution >= 4 is 11.5 Å². The number of nitrogens with zero attached hydrogens (tertiary/aromatic N) is 3. The van der Waals surface area contributed by atoms with Gasteiger partial charge in [-0.2, -0.15) is 4.98 Å². The Labute approximate surface area is 124 Å². The fourth-order valence-electron chi connectivity index (χ4n) is 2.56. The standard InChI is InChI=1S/C16H20N4O/c1-11(2)21-16-9-18-8-15(19-16)20-6-5-12-3-4-14(17)7-13(12)10-20/h3-4,7-9,11H,5-6,10,17H2,1-2H3. The summed E-state index contributed by atoms with van der Waals surface area (Å²) in [7, 11) is 0. The second kappa shape index (κ2) is 5.60. The van der Waals surface area contributed by atoms with Crippen LogP contribution < -0.4 is 15.4 Å². The van der Waals surface area contributed by atoms with E-state index >= 15 is 0 Å². The summed E-state index contributed by atoms with van der Waals surface area (Å²) in [6.07, 6.45) is 4.52. The molecule has 2 N–H and O–H groups in total. The van der Waals surface area contributed by atoms with Gasteiger partial charge in [0.05, 0.1) is 18.5 Å². The Morgan fingerprint density at radius 3 is 2.90 bits per heavy atom. The van der Waals surface area contributed by atoms with Gasteiger partial charge in [0, 0.05) is 18.8 Å². The molecule has 2 aromatic rings. The summed E-state index contributed by atoms with van der Waals surface area (Å²) in [6, 6.07) is 6.13. The SMILES string of the molecule is CC(C)Oc1cncc(N2CCc3ccc(N)cc3C2)n1. The second-order valence-electron chi connectivity index (χ2n) is 5.58. The van der Waals surface area contributed by atoms with Gasteiger partial charge in [0.25, 0.3) is 0 Å². The molecule has 0 aliphatic carbocycles. The van der Waals surface area contributed by atoms with Crippen LogP contribution in [0.5, 0.6) is 5.88 Å². The van der Waals surface area contributed by atoms with E-state index < -0.39 is 0 Å². The molecule has 0 radical (unpaired) electrons. The molecule has 2 heterocycles. The summed E-state index contributed by atoms with van der Waals surface area (Å²) in [5, 5.41) is 0. The van der Waals surface area contributed by atoms with Crippen LogP contribution in [0.25, 0.3) is 0 Å². The third kappa shape index (κ3) is 3.07. The van der Waals surface area contributed by atoms with Crippen LogP contribution in [0.15, 0.2) is 30.6 Å². The molecule has 0 unspecified atom stereocenters. The van der Waals surface area contributed by atoms with Crippen molar-refractivity contribution in [2.45, 2.75) is 32.9 Å². The van der Waals surface area contributed by atoms with Gasteiger partial charge in [-0.25, -0.2) is 0 Å². The zero-order chi connectivity index (χ0) is 14.8. The first-order chi connectivity index (χ1) is 10.1. The molecule has 0 atom stereocenters. The van der Waals surface area contributed by atoms with E-state index in [9.17, 15) is 0 Å². The number of aromatic nitrogens is 2. The number of hydrogen-bond donors (Lipinski definition) is 1. The number of ether oxygens (including phenoxy) is 1. The van der Waals surface area contributed by atoms with Crippen molar-refractivity contribution in [1.82, 2.24) is 9.97 Å². The largest absolute Gasteiger partial charge is 0.474 e. The molecule has 110 valence electrons. The molecule has 0 spiro atoms. The lowest BCUT2D eigenvalue weighted by Gasteiger charge is -2.29. The highest BCUT2D eigenvalue weighted by atomic mass is 16.5. The van der Waals surface area contributed by atoms with Crippen molar-refractivity contribution in [3.8, 4) is 5.88 Å². The second-order valence-corrected chi connectivity index (χ2v) is 5.58. The van der Waals surface area contributed by atoms with Crippen LogP contribution >= 0.6 is 0 Å². The predicted molar refractivity (Wildman–Crippen MR) is 83.4 cm³/mol. The van der Waals surface area contributed by atoms with Crippen molar-refractivity contribution in [1.29, 1.82) is 0 Å². The Morgan fingerprint density at radius 2 is 2.10 bits per heavy atom. The first-order valence-corrected chi connectivity index (χ1v) is 7.23. The van der Waals surface area contributed by atoms with E-state index in [1.807, 2.05) is 26.0 Å². The fourth-order valence-corrected chi connectivity index (χ4v) is 2.56. The highest BCUT2D eigenvalue weighted by molar-refractivity contribution is 5.49. The van der Waals surface area contributed by atoms with Crippen molar-refractivity contribution < 1.29 is 4.74 Å². The van der Waals surface area contributed by atoms with Gasteiger partial charge >= 0.3 is 0 Å². The summed E-state index contributed by atoms with van der Waals surface area (Å²) < 4.78 is 5.61. The van der Waals surface area contributed by atoms with E-state index in [4.69, 9.17) is 10.5 Å². The van der Waals surface area contributed by atoms with Crippen molar-refractivity contribution in [2.75, 3.05) is 17.2 Å². The third-order valence-electron chi connectivity index (χ3n) is 3.52. The summed E-state index contributed by atoms with van der Waals surface area (Å²) in [5.74, 6) is 1.42. The van der Waals surface area contributed by atoms with Gasteiger partial charge in [-0.15, -0.1) is 0 Å². The van der Waals surface area contributed by atoms with Crippen LogP contribution in [-0.2, 0) is 13.0 Å². The smallest absolute Gasteiger partial charge is 0.234 e. The average molecular weight is 284 g/mol. The summed E-state index contributed by atoms with van der Waals surface area (Å²) in [6.45, 7) is 5.69. The van der Waals surface area contributed by atoms with Gasteiger partial charge in [0.1, 0.15) is 0 Å². The Kier molecular flexibility index (Phi) is 3.64. The lowest BCUT2D eigenvalue weighted by Crippen LogP contribution is -2.31. The summed E-state index contributed by atoms with van der Waals surface area (Å²) in [4.78, 5) is 11.0. The van der Waals surface area contributed by atoms with E-state index in [1.54, 1.807) is 12.4 Å². The Balaban J connectivity index is 1.82. The minimum Gasteiger partial charge on any atom is -0.474 e. The molecule has 5 nitrogen and oxygen atoms in total. The van der Waals surface area contributed by atoms with Gasteiger partial charge in [-0.05, 0) is 43.5 Å². The minimum atomic E-state index is 0.0939. The molecule has 3 rings (SSSR count). The zero-order valence-corrected chi connectivity index (χ0v) is 12.4.